The Bertz CT molecular complexity index is 488. The van der Waals surface area contributed by atoms with Gasteiger partial charge >= 0.3 is 0 Å². The number of nitrogens with one attached hydrogen (secondary N) is 1. The zero-order valence-electron chi connectivity index (χ0n) is 11.7. The Balaban J connectivity index is 2.83. The molecule has 19 heavy (non-hydrogen) atoms. The number of ether oxygens (including phenoxy) is 1. The predicted molar refractivity (Wildman–Crippen MR) is 75.5 cm³/mol. The number of methoxy groups -OCH3 is 1. The van der Waals surface area contributed by atoms with E-state index in [1.807, 2.05) is 13.1 Å². The number of sulfonamides is 1. The molecule has 0 bridgehead atoms. The third kappa shape index (κ3) is 4.58. The van der Waals surface area contributed by atoms with Crippen molar-refractivity contribution in [1.29, 1.82) is 0 Å². The predicted octanol–water partition coefficient (Wildman–Crippen LogP) is 1.06. The standard InChI is InChI=1S/C13H22N2O3S/c1-14-11-12-6-4-7-13(10-12)19(16,17)15(2)8-5-9-18-3/h4,6-7,10,14H,5,8-9,11H2,1-3H3. The maximum atomic E-state index is 12.3. The Kier molecular flexibility index (Phi) is 6.44. The fourth-order valence-corrected chi connectivity index (χ4v) is 3.03. The van der Waals surface area contributed by atoms with Gasteiger partial charge in [-0.15, -0.1) is 0 Å². The van der Waals surface area contributed by atoms with E-state index in [1.54, 1.807) is 32.4 Å². The average Bonchev–Trinajstić information content (AvgIpc) is 2.39. The van der Waals surface area contributed by atoms with E-state index < -0.39 is 10.0 Å². The first-order valence-electron chi connectivity index (χ1n) is 6.21. The molecule has 0 spiro atoms. The van der Waals surface area contributed by atoms with Crippen molar-refractivity contribution in [2.24, 2.45) is 0 Å². The lowest BCUT2D eigenvalue weighted by Crippen LogP contribution is -2.28. The third-order valence-electron chi connectivity index (χ3n) is 2.81. The summed E-state index contributed by atoms with van der Waals surface area (Å²) in [5.41, 5.74) is 0.953. The molecule has 0 radical (unpaired) electrons. The molecule has 1 rings (SSSR count). The van der Waals surface area contributed by atoms with Gasteiger partial charge in [0.25, 0.3) is 0 Å². The Morgan fingerprint density at radius 2 is 2.11 bits per heavy atom. The van der Waals surface area contributed by atoms with Gasteiger partial charge in [0.05, 0.1) is 4.90 Å². The molecule has 1 aromatic rings. The van der Waals surface area contributed by atoms with Gasteiger partial charge in [0.1, 0.15) is 0 Å². The second kappa shape index (κ2) is 7.59. The first-order valence-corrected chi connectivity index (χ1v) is 7.65. The molecule has 0 aliphatic rings. The van der Waals surface area contributed by atoms with Gasteiger partial charge < -0.3 is 10.1 Å². The minimum absolute atomic E-state index is 0.333. The van der Waals surface area contributed by atoms with Crippen LogP contribution in [0.15, 0.2) is 29.2 Å². The van der Waals surface area contributed by atoms with Gasteiger partial charge in [-0.25, -0.2) is 12.7 Å². The van der Waals surface area contributed by atoms with Crippen LogP contribution in [0.4, 0.5) is 0 Å². The molecule has 0 saturated heterocycles. The normalized spacial score (nSPS) is 12.0. The van der Waals surface area contributed by atoms with Crippen molar-refractivity contribution in [2.75, 3.05) is 34.4 Å². The van der Waals surface area contributed by atoms with Gasteiger partial charge in [0.2, 0.25) is 10.0 Å². The first-order chi connectivity index (χ1) is 9.02. The van der Waals surface area contributed by atoms with Crippen molar-refractivity contribution in [2.45, 2.75) is 17.9 Å². The Morgan fingerprint density at radius 1 is 1.37 bits per heavy atom. The lowest BCUT2D eigenvalue weighted by molar-refractivity contribution is 0.189. The number of hydrogen-bond acceptors (Lipinski definition) is 4. The fourth-order valence-electron chi connectivity index (χ4n) is 1.75. The summed E-state index contributed by atoms with van der Waals surface area (Å²) in [5.74, 6) is 0. The molecular weight excluding hydrogens is 264 g/mol. The second-order valence-corrected chi connectivity index (χ2v) is 6.40. The maximum absolute atomic E-state index is 12.3. The summed E-state index contributed by atoms with van der Waals surface area (Å²) in [7, 11) is 1.62. The topological polar surface area (TPSA) is 58.6 Å². The largest absolute Gasteiger partial charge is 0.385 e. The van der Waals surface area contributed by atoms with Crippen molar-refractivity contribution >= 4 is 10.0 Å². The van der Waals surface area contributed by atoms with E-state index in [2.05, 4.69) is 5.32 Å². The quantitative estimate of drug-likeness (QED) is 0.726. The smallest absolute Gasteiger partial charge is 0.242 e. The molecule has 0 aromatic heterocycles. The number of nitrogens with zero attached hydrogens (tertiary/aromatic N) is 1. The van der Waals surface area contributed by atoms with E-state index in [0.717, 1.165) is 5.56 Å². The summed E-state index contributed by atoms with van der Waals surface area (Å²) in [5, 5.41) is 3.01. The van der Waals surface area contributed by atoms with E-state index in [4.69, 9.17) is 4.74 Å². The molecule has 0 heterocycles. The van der Waals surface area contributed by atoms with Gasteiger partial charge in [-0.2, -0.15) is 0 Å². The molecule has 0 aliphatic heterocycles. The van der Waals surface area contributed by atoms with Crippen molar-refractivity contribution in [3.8, 4) is 0 Å². The lowest BCUT2D eigenvalue weighted by atomic mass is 10.2. The molecule has 108 valence electrons. The van der Waals surface area contributed by atoms with Crippen LogP contribution in [0.25, 0.3) is 0 Å². The summed E-state index contributed by atoms with van der Waals surface area (Å²) in [4.78, 5) is 0.333. The van der Waals surface area contributed by atoms with Gasteiger partial charge in [-0.1, -0.05) is 12.1 Å². The minimum atomic E-state index is -3.41. The van der Waals surface area contributed by atoms with E-state index in [-0.39, 0.29) is 0 Å². The van der Waals surface area contributed by atoms with Crippen LogP contribution in [0.2, 0.25) is 0 Å². The Hall–Kier alpha value is -0.950. The van der Waals surface area contributed by atoms with Crippen LogP contribution in [0.3, 0.4) is 0 Å². The molecule has 0 amide bonds. The lowest BCUT2D eigenvalue weighted by Gasteiger charge is -2.17. The highest BCUT2D eigenvalue weighted by Crippen LogP contribution is 2.16. The van der Waals surface area contributed by atoms with Gasteiger partial charge in [0, 0.05) is 33.9 Å². The summed E-state index contributed by atoms with van der Waals surface area (Å²) in [6.07, 6.45) is 0.683. The number of rotatable bonds is 8. The molecule has 1 aromatic carbocycles. The van der Waals surface area contributed by atoms with Gasteiger partial charge in [-0.3, -0.25) is 0 Å². The second-order valence-electron chi connectivity index (χ2n) is 4.35. The monoisotopic (exact) mass is 286 g/mol. The zero-order valence-corrected chi connectivity index (χ0v) is 12.5. The Morgan fingerprint density at radius 3 is 2.74 bits per heavy atom. The molecule has 0 fully saturated rings. The molecule has 0 saturated carbocycles. The molecular formula is C13H22N2O3S. The molecule has 6 heteroatoms. The van der Waals surface area contributed by atoms with Crippen LogP contribution in [0, 0.1) is 0 Å². The SMILES string of the molecule is CNCc1cccc(S(=O)(=O)N(C)CCCOC)c1. The fraction of sp³-hybridized carbons (Fsp3) is 0.538. The molecule has 0 aliphatic carbocycles. The van der Waals surface area contributed by atoms with E-state index in [9.17, 15) is 8.42 Å². The van der Waals surface area contributed by atoms with E-state index in [1.165, 1.54) is 4.31 Å². The molecule has 0 unspecified atom stereocenters. The summed E-state index contributed by atoms with van der Waals surface area (Å²) in [6.45, 7) is 1.66. The van der Waals surface area contributed by atoms with E-state index >= 15 is 0 Å². The van der Waals surface area contributed by atoms with Crippen molar-refractivity contribution < 1.29 is 13.2 Å². The minimum Gasteiger partial charge on any atom is -0.385 e. The highest BCUT2D eigenvalue weighted by molar-refractivity contribution is 7.89. The number of benzene rings is 1. The highest BCUT2D eigenvalue weighted by atomic mass is 32.2. The van der Waals surface area contributed by atoms with Crippen LogP contribution in [0.5, 0.6) is 0 Å². The first kappa shape index (κ1) is 16.1. The summed E-state index contributed by atoms with van der Waals surface area (Å²) < 4.78 is 31.0. The van der Waals surface area contributed by atoms with Crippen LogP contribution >= 0.6 is 0 Å². The van der Waals surface area contributed by atoms with Crippen LogP contribution in [-0.2, 0) is 21.3 Å². The summed E-state index contributed by atoms with van der Waals surface area (Å²) >= 11 is 0. The molecule has 0 atom stereocenters. The van der Waals surface area contributed by atoms with Crippen molar-refractivity contribution in [1.82, 2.24) is 9.62 Å². The Labute approximate surface area is 115 Å². The van der Waals surface area contributed by atoms with Crippen molar-refractivity contribution in [3.05, 3.63) is 29.8 Å². The average molecular weight is 286 g/mol. The van der Waals surface area contributed by atoms with Crippen LogP contribution < -0.4 is 5.32 Å². The maximum Gasteiger partial charge on any atom is 0.242 e. The van der Waals surface area contributed by atoms with Gasteiger partial charge in [-0.05, 0) is 31.2 Å². The molecule has 1 N–H and O–H groups in total. The van der Waals surface area contributed by atoms with E-state index in [0.29, 0.717) is 31.0 Å². The van der Waals surface area contributed by atoms with Gasteiger partial charge in [0.15, 0.2) is 0 Å². The van der Waals surface area contributed by atoms with Crippen LogP contribution in [-0.4, -0.2) is 47.1 Å². The van der Waals surface area contributed by atoms with Crippen molar-refractivity contribution in [3.63, 3.8) is 0 Å². The van der Waals surface area contributed by atoms with Crippen LogP contribution in [0.1, 0.15) is 12.0 Å². The zero-order chi connectivity index (χ0) is 14.3. The summed E-state index contributed by atoms with van der Waals surface area (Å²) in [6, 6.07) is 7.00. The number of hydrogen-bond donors (Lipinski definition) is 1. The molecule has 5 nitrogen and oxygen atoms in total. The highest BCUT2D eigenvalue weighted by Gasteiger charge is 2.20. The third-order valence-corrected chi connectivity index (χ3v) is 4.66.